The van der Waals surface area contributed by atoms with E-state index in [2.05, 4.69) is 4.85 Å². The van der Waals surface area contributed by atoms with Crippen molar-refractivity contribution in [2.75, 3.05) is 6.61 Å². The molecule has 0 aromatic rings. The van der Waals surface area contributed by atoms with E-state index in [9.17, 15) is 20.4 Å². The predicted molar refractivity (Wildman–Crippen MR) is 52.5 cm³/mol. The van der Waals surface area contributed by atoms with Gasteiger partial charge in [-0.05, 0) is 4.85 Å². The van der Waals surface area contributed by atoms with Gasteiger partial charge in [0.2, 0.25) is 0 Å². The van der Waals surface area contributed by atoms with Crippen molar-refractivity contribution in [2.45, 2.75) is 43.2 Å². The van der Waals surface area contributed by atoms with Gasteiger partial charge in [-0.25, -0.2) is 0 Å². The highest BCUT2D eigenvalue weighted by atomic mass is 16.6. The second-order valence-electron chi connectivity index (χ2n) is 3.85. The van der Waals surface area contributed by atoms with E-state index in [-0.39, 0.29) is 12.8 Å². The van der Waals surface area contributed by atoms with E-state index in [1.807, 2.05) is 0 Å². The summed E-state index contributed by atoms with van der Waals surface area (Å²) >= 11 is 0. The van der Waals surface area contributed by atoms with Gasteiger partial charge in [-0.15, -0.1) is 0 Å². The van der Waals surface area contributed by atoms with Gasteiger partial charge in [-0.2, -0.15) is 0 Å². The Bertz CT molecular complexity index is 280. The van der Waals surface area contributed by atoms with Gasteiger partial charge in [-0.3, -0.25) is 0 Å². The molecule has 1 saturated heterocycles. The van der Waals surface area contributed by atoms with E-state index in [4.69, 9.17) is 16.4 Å². The fourth-order valence-electron chi connectivity index (χ4n) is 1.56. The summed E-state index contributed by atoms with van der Waals surface area (Å²) in [7, 11) is 0. The average Bonchev–Trinajstić information content (AvgIpc) is 2.38. The van der Waals surface area contributed by atoms with Crippen molar-refractivity contribution in [1.82, 2.24) is 0 Å². The first-order valence-electron chi connectivity index (χ1n) is 4.88. The first kappa shape index (κ1) is 13.3. The van der Waals surface area contributed by atoms with Crippen molar-refractivity contribution in [3.05, 3.63) is 4.85 Å². The van der Waals surface area contributed by atoms with E-state index in [1.54, 1.807) is 0 Å². The van der Waals surface area contributed by atoms with Crippen LogP contribution < -0.4 is 0 Å². The number of aliphatic hydroxyl groups is 5. The average molecular weight is 234 g/mol. The van der Waals surface area contributed by atoms with Crippen molar-refractivity contribution in [2.24, 2.45) is 0 Å². The van der Waals surface area contributed by atoms with Gasteiger partial charge < -0.3 is 30.3 Å². The molecular weight excluding hydrogens is 218 g/mol. The molecule has 1 aliphatic rings. The minimum atomic E-state index is -2.11. The minimum Gasteiger partial charge on any atom is -0.390 e. The van der Waals surface area contributed by atoms with Crippen LogP contribution in [-0.4, -0.2) is 62.5 Å². The topological polar surface area (TPSA) is 115 Å². The fourth-order valence-corrected chi connectivity index (χ4v) is 1.56. The first-order chi connectivity index (χ1) is 7.42. The molecule has 0 aromatic carbocycles. The van der Waals surface area contributed by atoms with Gasteiger partial charge in [-0.1, -0.05) is 0 Å². The quantitative estimate of drug-likeness (QED) is 0.372. The Kier molecular flexibility index (Phi) is 4.21. The molecule has 0 aromatic heterocycles. The monoisotopic (exact) mass is 234 g/mol. The number of ether oxygens (including phenoxy) is 1. The molecule has 5 unspecified atom stereocenters. The number of hydrogen-bond acceptors (Lipinski definition) is 6. The van der Waals surface area contributed by atoms with Gasteiger partial charge in [0.05, 0.1) is 12.2 Å². The maximum absolute atomic E-state index is 9.73. The third kappa shape index (κ3) is 2.68. The molecule has 5 atom stereocenters. The van der Waals surface area contributed by atoms with E-state index in [0.717, 1.165) is 0 Å². The molecule has 1 fully saturated rings. The molecule has 16 heavy (non-hydrogen) atoms. The summed E-state index contributed by atoms with van der Waals surface area (Å²) in [4.78, 5) is 3.07. The third-order valence-electron chi connectivity index (χ3n) is 2.64. The van der Waals surface area contributed by atoms with Gasteiger partial charge in [0.25, 0.3) is 6.57 Å². The van der Waals surface area contributed by atoms with Gasteiger partial charge >= 0.3 is 5.72 Å². The lowest BCUT2D eigenvalue weighted by Gasteiger charge is -2.22. The Morgan fingerprint density at radius 2 is 1.81 bits per heavy atom. The van der Waals surface area contributed by atoms with E-state index < -0.39 is 36.9 Å². The summed E-state index contributed by atoms with van der Waals surface area (Å²) < 4.78 is 4.95. The lowest BCUT2D eigenvalue weighted by Crippen LogP contribution is -2.46. The number of rotatable bonds is 2. The Morgan fingerprint density at radius 3 is 2.31 bits per heavy atom. The van der Waals surface area contributed by atoms with Crippen molar-refractivity contribution in [3.8, 4) is 6.57 Å². The molecule has 1 rings (SSSR count). The van der Waals surface area contributed by atoms with Crippen LogP contribution in [0.3, 0.4) is 0 Å². The Morgan fingerprint density at radius 1 is 1.25 bits per heavy atom. The standard InChI is InChI=1S/C9H16NO6/c1-10-9(15,4-11)7-2-5(12)6(13)3-8(14)16-7/h1,5-8,11-15H,2-4H2/q+1. The van der Waals surface area contributed by atoms with Crippen LogP contribution in [0.1, 0.15) is 12.8 Å². The third-order valence-corrected chi connectivity index (χ3v) is 2.64. The number of nitrogens with zero attached hydrogens (tertiary/aromatic N) is 1. The lowest BCUT2D eigenvalue weighted by atomic mass is 9.99. The highest BCUT2D eigenvalue weighted by Gasteiger charge is 2.51. The van der Waals surface area contributed by atoms with Crippen LogP contribution in [0.2, 0.25) is 0 Å². The predicted octanol–water partition coefficient (Wildman–Crippen LogP) is -2.15. The number of aliphatic hydroxyl groups excluding tert-OH is 4. The molecule has 7 nitrogen and oxygen atoms in total. The zero-order valence-electron chi connectivity index (χ0n) is 8.60. The van der Waals surface area contributed by atoms with Crippen molar-refractivity contribution < 1.29 is 30.3 Å². The molecule has 0 spiro atoms. The Balaban J connectivity index is 2.84. The van der Waals surface area contributed by atoms with Crippen LogP contribution in [0.5, 0.6) is 0 Å². The van der Waals surface area contributed by atoms with Crippen LogP contribution in [0, 0.1) is 6.57 Å². The second kappa shape index (κ2) is 5.05. The SMILES string of the molecule is C#[N+]C(O)(CO)C1CC(O)C(O)CC(O)O1. The zero-order chi connectivity index (χ0) is 12.3. The number of hydrogen-bond donors (Lipinski definition) is 5. The van der Waals surface area contributed by atoms with Crippen LogP contribution in [0.4, 0.5) is 0 Å². The molecule has 1 heterocycles. The summed E-state index contributed by atoms with van der Waals surface area (Å²) in [5, 5.41) is 46.8. The molecule has 0 saturated carbocycles. The molecule has 0 radical (unpaired) electrons. The Hall–Kier alpha value is -0.750. The zero-order valence-corrected chi connectivity index (χ0v) is 8.60. The molecular formula is C9H16NO6+. The van der Waals surface area contributed by atoms with Crippen molar-refractivity contribution in [1.29, 1.82) is 0 Å². The first-order valence-corrected chi connectivity index (χ1v) is 4.88. The normalized spacial score (nSPS) is 39.5. The van der Waals surface area contributed by atoms with Crippen LogP contribution >= 0.6 is 0 Å². The molecule has 5 N–H and O–H groups in total. The molecule has 7 heteroatoms. The smallest absolute Gasteiger partial charge is 0.390 e. The van der Waals surface area contributed by atoms with E-state index >= 15 is 0 Å². The molecule has 0 aliphatic carbocycles. The summed E-state index contributed by atoms with van der Waals surface area (Å²) in [5.74, 6) is 0. The maximum atomic E-state index is 9.73. The van der Waals surface area contributed by atoms with Crippen LogP contribution in [-0.2, 0) is 4.74 Å². The molecule has 1 aliphatic heterocycles. The fraction of sp³-hybridized carbons (Fsp3) is 0.889. The summed E-state index contributed by atoms with van der Waals surface area (Å²) in [5.41, 5.74) is -2.11. The van der Waals surface area contributed by atoms with Gasteiger partial charge in [0.15, 0.2) is 19.0 Å². The second-order valence-corrected chi connectivity index (χ2v) is 3.85. The lowest BCUT2D eigenvalue weighted by molar-refractivity contribution is -0.191. The van der Waals surface area contributed by atoms with Crippen LogP contribution in [0.25, 0.3) is 4.85 Å². The summed E-state index contributed by atoms with van der Waals surface area (Å²) in [6.07, 6.45) is -5.30. The van der Waals surface area contributed by atoms with Gasteiger partial charge in [0, 0.05) is 12.8 Å². The van der Waals surface area contributed by atoms with Crippen LogP contribution in [0.15, 0.2) is 0 Å². The summed E-state index contributed by atoms with van der Waals surface area (Å²) in [6.45, 7) is 4.12. The molecule has 92 valence electrons. The van der Waals surface area contributed by atoms with Crippen molar-refractivity contribution in [3.63, 3.8) is 0 Å². The van der Waals surface area contributed by atoms with E-state index in [0.29, 0.717) is 0 Å². The highest BCUT2D eigenvalue weighted by molar-refractivity contribution is 4.99. The maximum Gasteiger partial charge on any atom is 0.431 e. The van der Waals surface area contributed by atoms with Gasteiger partial charge in [0.1, 0.15) is 0 Å². The highest BCUT2D eigenvalue weighted by Crippen LogP contribution is 2.26. The molecule has 0 bridgehead atoms. The van der Waals surface area contributed by atoms with Crippen molar-refractivity contribution >= 4 is 0 Å². The summed E-state index contributed by atoms with van der Waals surface area (Å²) in [6, 6.07) is 0. The minimum absolute atomic E-state index is 0.191. The van der Waals surface area contributed by atoms with E-state index in [1.165, 1.54) is 0 Å². The largest absolute Gasteiger partial charge is 0.431 e. The molecule has 0 amide bonds. The Labute approximate surface area is 92.3 Å².